The third-order valence-electron chi connectivity index (χ3n) is 5.90. The lowest BCUT2D eigenvalue weighted by atomic mass is 9.98. The van der Waals surface area contributed by atoms with Gasteiger partial charge in [0, 0.05) is 17.6 Å². The van der Waals surface area contributed by atoms with Crippen molar-refractivity contribution in [3.63, 3.8) is 0 Å². The minimum absolute atomic E-state index is 0.115. The number of carbonyl (C=O) groups excluding carboxylic acids is 1. The Morgan fingerprint density at radius 1 is 1.14 bits per heavy atom. The fourth-order valence-electron chi connectivity index (χ4n) is 4.15. The van der Waals surface area contributed by atoms with Crippen LogP contribution in [0.5, 0.6) is 0 Å². The van der Waals surface area contributed by atoms with E-state index in [1.807, 2.05) is 48.5 Å². The molecule has 0 saturated carbocycles. The number of hydrogen-bond acceptors (Lipinski definition) is 6. The zero-order valence-corrected chi connectivity index (χ0v) is 23.2. The summed E-state index contributed by atoms with van der Waals surface area (Å²) < 4.78 is 30.3. The molecule has 1 saturated heterocycles. The molecule has 1 fully saturated rings. The van der Waals surface area contributed by atoms with Crippen LogP contribution in [0.2, 0.25) is 4.34 Å². The zero-order valence-electron chi connectivity index (χ0n) is 18.4. The van der Waals surface area contributed by atoms with Crippen LogP contribution in [0.4, 0.5) is 5.13 Å². The van der Waals surface area contributed by atoms with Crippen LogP contribution in [-0.4, -0.2) is 36.7 Å². The van der Waals surface area contributed by atoms with Crippen LogP contribution in [0, 0.1) is 5.92 Å². The summed E-state index contributed by atoms with van der Waals surface area (Å²) in [6, 6.07) is 18.7. The Morgan fingerprint density at radius 2 is 1.94 bits per heavy atom. The Labute approximate surface area is 225 Å². The number of rotatable bonds is 6. The molecule has 1 atom stereocenters. The quantitative estimate of drug-likeness (QED) is 0.253. The Hall–Kier alpha value is -1.82. The van der Waals surface area contributed by atoms with Gasteiger partial charge in [-0.1, -0.05) is 69.2 Å². The van der Waals surface area contributed by atoms with E-state index in [0.29, 0.717) is 35.4 Å². The topological polar surface area (TPSA) is 70.6 Å². The highest BCUT2D eigenvalue weighted by Crippen LogP contribution is 2.35. The van der Waals surface area contributed by atoms with Crippen molar-refractivity contribution >= 4 is 81.5 Å². The Morgan fingerprint density at radius 3 is 2.69 bits per heavy atom. The van der Waals surface area contributed by atoms with Gasteiger partial charge in [-0.25, -0.2) is 13.4 Å². The number of piperidine rings is 1. The number of nitrogens with zero attached hydrogens (tertiary/aromatic N) is 3. The molecule has 4 aromatic rings. The maximum absolute atomic E-state index is 13.9. The fourth-order valence-corrected chi connectivity index (χ4v) is 8.84. The van der Waals surface area contributed by atoms with E-state index < -0.39 is 15.9 Å². The molecule has 11 heteroatoms. The number of anilines is 1. The maximum atomic E-state index is 13.9. The summed E-state index contributed by atoms with van der Waals surface area (Å²) in [7, 11) is -3.70. The van der Waals surface area contributed by atoms with Crippen LogP contribution >= 0.6 is 50.2 Å². The van der Waals surface area contributed by atoms with Crippen molar-refractivity contribution in [3.8, 4) is 0 Å². The van der Waals surface area contributed by atoms with Gasteiger partial charge in [0.1, 0.15) is 4.21 Å². The van der Waals surface area contributed by atoms with Gasteiger partial charge in [-0.3, -0.25) is 9.69 Å². The molecule has 3 heterocycles. The number of hydrogen-bond donors (Lipinski definition) is 0. The minimum Gasteiger partial charge on any atom is -0.283 e. The highest BCUT2D eigenvalue weighted by Gasteiger charge is 2.36. The molecule has 0 N–H and O–H groups in total. The smallest absolute Gasteiger partial charge is 0.252 e. The molecule has 35 heavy (non-hydrogen) atoms. The van der Waals surface area contributed by atoms with Gasteiger partial charge in [-0.05, 0) is 48.7 Å². The maximum Gasteiger partial charge on any atom is 0.252 e. The standard InChI is InChI=1S/C24H21BrClN3O3S3/c25-18-8-9-19-20(13-18)33-24(27-19)29(14-16-5-2-1-3-6-16)23(30)17-7-4-12-28(15-17)35(31,32)22-11-10-21(26)34-22/h1-3,5-6,8-11,13,17H,4,7,12,14-15H2. The van der Waals surface area contributed by atoms with Gasteiger partial charge >= 0.3 is 0 Å². The lowest BCUT2D eigenvalue weighted by molar-refractivity contribution is -0.123. The summed E-state index contributed by atoms with van der Waals surface area (Å²) in [5.74, 6) is -0.576. The second-order valence-corrected chi connectivity index (χ2v) is 14.1. The summed E-state index contributed by atoms with van der Waals surface area (Å²) >= 11 is 12.0. The Bertz CT molecular complexity index is 1470. The van der Waals surface area contributed by atoms with Crippen molar-refractivity contribution in [2.75, 3.05) is 18.0 Å². The van der Waals surface area contributed by atoms with Crippen molar-refractivity contribution < 1.29 is 13.2 Å². The van der Waals surface area contributed by atoms with Gasteiger partial charge in [0.2, 0.25) is 5.91 Å². The van der Waals surface area contributed by atoms with Crippen molar-refractivity contribution in [2.24, 2.45) is 5.92 Å². The van der Waals surface area contributed by atoms with Crippen molar-refractivity contribution in [1.29, 1.82) is 0 Å². The minimum atomic E-state index is -3.70. The highest BCUT2D eigenvalue weighted by atomic mass is 79.9. The van der Waals surface area contributed by atoms with E-state index in [1.165, 1.54) is 21.7 Å². The second-order valence-electron chi connectivity index (χ2n) is 8.28. The van der Waals surface area contributed by atoms with Gasteiger partial charge in [0.05, 0.1) is 27.0 Å². The second kappa shape index (κ2) is 10.3. The lowest BCUT2D eigenvalue weighted by Crippen LogP contribution is -2.46. The molecule has 182 valence electrons. The van der Waals surface area contributed by atoms with E-state index in [0.717, 1.165) is 31.6 Å². The molecular formula is C24H21BrClN3O3S3. The third kappa shape index (κ3) is 5.33. The van der Waals surface area contributed by atoms with E-state index in [1.54, 1.807) is 11.0 Å². The normalized spacial score (nSPS) is 17.0. The fraction of sp³-hybridized carbons (Fsp3) is 0.250. The molecule has 0 bridgehead atoms. The monoisotopic (exact) mass is 609 g/mol. The Kier molecular flexibility index (Phi) is 7.30. The third-order valence-corrected chi connectivity index (χ3v) is 11.0. The van der Waals surface area contributed by atoms with E-state index >= 15 is 0 Å². The van der Waals surface area contributed by atoms with E-state index in [2.05, 4.69) is 15.9 Å². The summed E-state index contributed by atoms with van der Waals surface area (Å²) in [6.45, 7) is 0.887. The number of halogens is 2. The first kappa shape index (κ1) is 24.9. The molecule has 0 spiro atoms. The average molecular weight is 611 g/mol. The van der Waals surface area contributed by atoms with Crippen LogP contribution < -0.4 is 4.90 Å². The molecule has 1 amide bonds. The van der Waals surface area contributed by atoms with Gasteiger partial charge in [0.15, 0.2) is 5.13 Å². The predicted octanol–water partition coefficient (Wildman–Crippen LogP) is 6.41. The largest absolute Gasteiger partial charge is 0.283 e. The van der Waals surface area contributed by atoms with Crippen molar-refractivity contribution in [2.45, 2.75) is 23.6 Å². The number of fused-ring (bicyclic) bond motifs is 1. The molecule has 0 radical (unpaired) electrons. The molecule has 2 aromatic heterocycles. The summed E-state index contributed by atoms with van der Waals surface area (Å²) in [6.07, 6.45) is 1.23. The number of amides is 1. The van der Waals surface area contributed by atoms with Gasteiger partial charge in [-0.15, -0.1) is 11.3 Å². The predicted molar refractivity (Wildman–Crippen MR) is 146 cm³/mol. The van der Waals surface area contributed by atoms with Crippen molar-refractivity contribution in [1.82, 2.24) is 9.29 Å². The molecule has 1 aliphatic rings. The first-order valence-electron chi connectivity index (χ1n) is 11.0. The lowest BCUT2D eigenvalue weighted by Gasteiger charge is -2.33. The number of thiophene rings is 1. The molecule has 2 aromatic carbocycles. The van der Waals surface area contributed by atoms with Crippen LogP contribution in [0.15, 0.2) is 69.3 Å². The van der Waals surface area contributed by atoms with Crippen LogP contribution in [0.3, 0.4) is 0 Å². The molecule has 0 aliphatic carbocycles. The molecule has 5 rings (SSSR count). The number of sulfonamides is 1. The number of aromatic nitrogens is 1. The van der Waals surface area contributed by atoms with Gasteiger partial charge in [-0.2, -0.15) is 4.31 Å². The van der Waals surface area contributed by atoms with Gasteiger partial charge in [0.25, 0.3) is 10.0 Å². The summed E-state index contributed by atoms with van der Waals surface area (Å²) in [5.41, 5.74) is 1.80. The van der Waals surface area contributed by atoms with Crippen molar-refractivity contribution in [3.05, 3.63) is 75.0 Å². The van der Waals surface area contributed by atoms with Crippen LogP contribution in [0.25, 0.3) is 10.2 Å². The summed E-state index contributed by atoms with van der Waals surface area (Å²) in [5, 5.41) is 0.608. The van der Waals surface area contributed by atoms with E-state index in [4.69, 9.17) is 16.6 Å². The van der Waals surface area contributed by atoms with Crippen LogP contribution in [-0.2, 0) is 21.4 Å². The molecule has 1 unspecified atom stereocenters. The van der Waals surface area contributed by atoms with E-state index in [9.17, 15) is 13.2 Å². The summed E-state index contributed by atoms with van der Waals surface area (Å²) in [4.78, 5) is 20.4. The first-order valence-corrected chi connectivity index (χ1v) is 15.2. The Balaban J connectivity index is 1.45. The highest BCUT2D eigenvalue weighted by molar-refractivity contribution is 9.10. The molecular weight excluding hydrogens is 590 g/mol. The molecule has 1 aliphatic heterocycles. The zero-order chi connectivity index (χ0) is 24.6. The molecule has 6 nitrogen and oxygen atoms in total. The van der Waals surface area contributed by atoms with E-state index in [-0.39, 0.29) is 16.7 Å². The number of benzene rings is 2. The SMILES string of the molecule is O=C(C1CCCN(S(=O)(=O)c2ccc(Cl)s2)C1)N(Cc1ccccc1)c1nc2ccc(Br)cc2s1. The average Bonchev–Trinajstić information content (AvgIpc) is 3.49. The van der Waals surface area contributed by atoms with Gasteiger partial charge < -0.3 is 0 Å². The van der Waals surface area contributed by atoms with Crippen LogP contribution in [0.1, 0.15) is 18.4 Å². The number of carbonyl (C=O) groups is 1. The number of thiazole rings is 1. The first-order chi connectivity index (χ1) is 16.8.